The molecule has 176 valence electrons. The van der Waals surface area contributed by atoms with E-state index in [0.29, 0.717) is 0 Å². The Labute approximate surface area is 146 Å². The van der Waals surface area contributed by atoms with Crippen LogP contribution in [0.25, 0.3) is 0 Å². The number of halogens is 18. The van der Waals surface area contributed by atoms with Crippen molar-refractivity contribution in [1.29, 1.82) is 0 Å². The lowest BCUT2D eigenvalue weighted by molar-refractivity contribution is -0.457. The maximum Gasteiger partial charge on any atom is 0.435 e. The number of hydrogen-bond acceptors (Lipinski definition) is 1. The molecular formula is C10H4F18O. The molecule has 1 N–H and O–H groups in total. The van der Waals surface area contributed by atoms with Crippen LogP contribution in [0, 0.1) is 0 Å². The molecule has 0 aliphatic heterocycles. The van der Waals surface area contributed by atoms with E-state index in [1.54, 1.807) is 0 Å². The number of rotatable bonds is 5. The molecule has 0 radical (unpaired) electrons. The van der Waals surface area contributed by atoms with Gasteiger partial charge >= 0.3 is 36.0 Å². The molecular weight excluding hydrogens is 478 g/mol. The van der Waals surface area contributed by atoms with Gasteiger partial charge in [-0.15, -0.1) is 0 Å². The van der Waals surface area contributed by atoms with Gasteiger partial charge in [0.05, 0.1) is 6.61 Å². The Morgan fingerprint density at radius 1 is 0.483 bits per heavy atom. The van der Waals surface area contributed by atoms with E-state index in [4.69, 9.17) is 5.11 Å². The summed E-state index contributed by atoms with van der Waals surface area (Å²) in [4.78, 5) is 0. The second-order valence-corrected chi connectivity index (χ2v) is 5.28. The van der Waals surface area contributed by atoms with Crippen LogP contribution < -0.4 is 0 Å². The molecule has 0 aromatic rings. The average molecular weight is 482 g/mol. The highest BCUT2D eigenvalue weighted by molar-refractivity contribution is 5.29. The molecule has 0 heterocycles. The summed E-state index contributed by atoms with van der Waals surface area (Å²) in [6, 6.07) is 0. The molecule has 0 aliphatic carbocycles. The van der Waals surface area contributed by atoms with Crippen LogP contribution in [-0.4, -0.2) is 65.5 Å². The van der Waals surface area contributed by atoms with E-state index < -0.39 is 60.4 Å². The minimum Gasteiger partial charge on any atom is -0.393 e. The van der Waals surface area contributed by atoms with Gasteiger partial charge in [-0.3, -0.25) is 0 Å². The molecule has 0 aliphatic rings. The zero-order chi connectivity index (χ0) is 24.3. The van der Waals surface area contributed by atoms with Gasteiger partial charge in [-0.2, -0.15) is 52.7 Å². The summed E-state index contributed by atoms with van der Waals surface area (Å²) >= 11 is 0. The third-order valence-corrected chi connectivity index (χ3v) is 3.70. The van der Waals surface area contributed by atoms with Crippen LogP contribution in [0.5, 0.6) is 0 Å². The fourth-order valence-corrected chi connectivity index (χ4v) is 2.24. The summed E-state index contributed by atoms with van der Waals surface area (Å²) in [5.74, 6) is 0. The summed E-state index contributed by atoms with van der Waals surface area (Å²) in [6.07, 6.45) is -39.4. The molecule has 1 nitrogen and oxygen atoms in total. The van der Waals surface area contributed by atoms with E-state index in [1.807, 2.05) is 0 Å². The van der Waals surface area contributed by atoms with Gasteiger partial charge in [0.25, 0.3) is 12.1 Å². The number of hydrogen-bond donors (Lipinski definition) is 1. The van der Waals surface area contributed by atoms with Crippen LogP contribution in [0.2, 0.25) is 0 Å². The van der Waals surface area contributed by atoms with Gasteiger partial charge in [-0.1, -0.05) is 0 Å². The Morgan fingerprint density at radius 3 is 0.897 bits per heavy atom. The molecule has 0 fully saturated rings. The van der Waals surface area contributed by atoms with Crippen molar-refractivity contribution < 1.29 is 84.1 Å². The first-order valence-electron chi connectivity index (χ1n) is 6.17. The van der Waals surface area contributed by atoms with Crippen LogP contribution in [0.15, 0.2) is 0 Å². The van der Waals surface area contributed by atoms with E-state index in [9.17, 15) is 79.0 Å². The lowest BCUT2D eigenvalue weighted by Crippen LogP contribution is -2.85. The predicted molar refractivity (Wildman–Crippen MR) is 52.7 cm³/mol. The first-order chi connectivity index (χ1) is 12.3. The smallest absolute Gasteiger partial charge is 0.393 e. The summed E-state index contributed by atoms with van der Waals surface area (Å²) in [5.41, 5.74) is -33.5. The van der Waals surface area contributed by atoms with Gasteiger partial charge in [0.2, 0.25) is 5.67 Å². The summed E-state index contributed by atoms with van der Waals surface area (Å²) < 4.78 is 232. The second-order valence-electron chi connectivity index (χ2n) is 5.28. The molecule has 0 saturated heterocycles. The maximum atomic E-state index is 14.3. The quantitative estimate of drug-likeness (QED) is 0.526. The van der Waals surface area contributed by atoms with Crippen LogP contribution in [0.4, 0.5) is 79.0 Å². The highest BCUT2D eigenvalue weighted by Gasteiger charge is 2.99. The standard InChI is InChI=1S/C10H4F18O/c11-2(12)4(14,7(17,18)19)3(13,1-29)5(15,8(20,21)22)6(16,9(23,24)25)10(26,27)28/h2,29H,1H2. The molecule has 0 spiro atoms. The van der Waals surface area contributed by atoms with Crippen molar-refractivity contribution >= 4 is 0 Å². The number of aliphatic hydroxyl groups excluding tert-OH is 1. The summed E-state index contributed by atoms with van der Waals surface area (Å²) in [7, 11) is 0. The number of aliphatic hydroxyl groups is 1. The molecule has 3 unspecified atom stereocenters. The first kappa shape index (κ1) is 27.7. The van der Waals surface area contributed by atoms with Crippen LogP contribution in [0.3, 0.4) is 0 Å². The first-order valence-corrected chi connectivity index (χ1v) is 6.17. The van der Waals surface area contributed by atoms with Crippen LogP contribution >= 0.6 is 0 Å². The average Bonchev–Trinajstić information content (AvgIpc) is 2.46. The molecule has 3 atom stereocenters. The van der Waals surface area contributed by atoms with Crippen molar-refractivity contribution in [2.75, 3.05) is 6.61 Å². The fourth-order valence-electron chi connectivity index (χ4n) is 2.24. The topological polar surface area (TPSA) is 20.2 Å². The zero-order valence-electron chi connectivity index (χ0n) is 12.5. The molecule has 0 bridgehead atoms. The maximum absolute atomic E-state index is 14.3. The van der Waals surface area contributed by atoms with Gasteiger partial charge in [0.15, 0.2) is 0 Å². The Bertz CT molecular complexity index is 569. The highest BCUT2D eigenvalue weighted by Crippen LogP contribution is 2.67. The van der Waals surface area contributed by atoms with Crippen molar-refractivity contribution in [3.63, 3.8) is 0 Å². The van der Waals surface area contributed by atoms with Gasteiger partial charge < -0.3 is 5.11 Å². The van der Waals surface area contributed by atoms with Gasteiger partial charge in [0, 0.05) is 0 Å². The van der Waals surface area contributed by atoms with Gasteiger partial charge in [0.1, 0.15) is 0 Å². The van der Waals surface area contributed by atoms with Crippen LogP contribution in [0.1, 0.15) is 0 Å². The SMILES string of the molecule is OCC(F)(C(F)(C(F)F)C(F)(F)F)C(F)(C(F)(F)F)C(F)(C(F)(F)F)C(F)(F)F. The molecule has 0 saturated carbocycles. The fraction of sp³-hybridized carbons (Fsp3) is 1.00. The van der Waals surface area contributed by atoms with Crippen molar-refractivity contribution in [2.45, 2.75) is 53.8 Å². The minimum absolute atomic E-state index is 4.39. The van der Waals surface area contributed by atoms with E-state index in [1.165, 1.54) is 0 Å². The van der Waals surface area contributed by atoms with E-state index in [2.05, 4.69) is 0 Å². The predicted octanol–water partition coefficient (Wildman–Crippen LogP) is 5.33. The van der Waals surface area contributed by atoms with Gasteiger partial charge in [-0.05, 0) is 0 Å². The van der Waals surface area contributed by atoms with E-state index in [-0.39, 0.29) is 0 Å². The largest absolute Gasteiger partial charge is 0.435 e. The summed E-state index contributed by atoms with van der Waals surface area (Å²) in [5, 5.41) is 8.24. The van der Waals surface area contributed by atoms with E-state index >= 15 is 0 Å². The molecule has 0 aromatic heterocycles. The molecule has 0 amide bonds. The molecule has 19 heteroatoms. The third kappa shape index (κ3) is 3.26. The lowest BCUT2D eigenvalue weighted by Gasteiger charge is -2.51. The van der Waals surface area contributed by atoms with Crippen LogP contribution in [-0.2, 0) is 0 Å². The second kappa shape index (κ2) is 6.86. The minimum atomic E-state index is -8.82. The van der Waals surface area contributed by atoms with Crippen molar-refractivity contribution in [3.8, 4) is 0 Å². The Morgan fingerprint density at radius 2 is 0.759 bits per heavy atom. The Hall–Kier alpha value is -1.30. The third-order valence-electron chi connectivity index (χ3n) is 3.70. The summed E-state index contributed by atoms with van der Waals surface area (Å²) in [6.45, 7) is -4.39. The monoisotopic (exact) mass is 482 g/mol. The lowest BCUT2D eigenvalue weighted by atomic mass is 9.65. The van der Waals surface area contributed by atoms with Crippen molar-refractivity contribution in [3.05, 3.63) is 0 Å². The van der Waals surface area contributed by atoms with E-state index in [0.717, 1.165) is 0 Å². The zero-order valence-corrected chi connectivity index (χ0v) is 12.5. The molecule has 0 aromatic carbocycles. The normalized spacial score (nSPS) is 21.5. The molecule has 0 rings (SSSR count). The molecule has 29 heavy (non-hydrogen) atoms. The highest BCUT2D eigenvalue weighted by atomic mass is 19.4. The Balaban J connectivity index is 7.86. The van der Waals surface area contributed by atoms with Crippen molar-refractivity contribution in [1.82, 2.24) is 0 Å². The van der Waals surface area contributed by atoms with Gasteiger partial charge in [-0.25, -0.2) is 26.3 Å². The van der Waals surface area contributed by atoms with Crippen molar-refractivity contribution in [2.24, 2.45) is 0 Å². The number of alkyl halides is 18. The Kier molecular flexibility index (Phi) is 6.55.